The largest absolute Gasteiger partial charge is 1.00 e. The van der Waals surface area contributed by atoms with Gasteiger partial charge in [-0.15, -0.1) is 0 Å². The third kappa shape index (κ3) is 13.4. The van der Waals surface area contributed by atoms with Crippen molar-refractivity contribution in [1.82, 2.24) is 0 Å². The zero-order chi connectivity index (χ0) is 14.0. The average molecular weight is 352 g/mol. The molecule has 0 rings (SSSR count). The van der Waals surface area contributed by atoms with E-state index in [0.717, 1.165) is 0 Å². The average Bonchev–Trinajstić information content (AvgIpc) is 1.76. The van der Waals surface area contributed by atoms with Crippen LogP contribution >= 0.6 is 23.0 Å². The van der Waals surface area contributed by atoms with E-state index in [2.05, 4.69) is 0 Å². The molecule has 8 N–H and O–H groups in total. The molecule has 16 heteroatoms. The van der Waals surface area contributed by atoms with Gasteiger partial charge in [0.25, 0.3) is 5.08 Å². The van der Waals surface area contributed by atoms with Crippen LogP contribution in [0.25, 0.3) is 0 Å². The molecule has 0 bridgehead atoms. The summed E-state index contributed by atoms with van der Waals surface area (Å²) in [4.78, 5) is 54.6. The van der Waals surface area contributed by atoms with Gasteiger partial charge < -0.3 is 42.2 Å². The summed E-state index contributed by atoms with van der Waals surface area (Å²) in [5, 5.41) is 5.37. The number of phosphoric acid groups is 1. The molecule has 0 saturated carbocycles. The van der Waals surface area contributed by atoms with Crippen molar-refractivity contribution in [2.75, 3.05) is 0 Å². The van der Waals surface area contributed by atoms with Crippen molar-refractivity contribution in [2.24, 2.45) is 0 Å². The molecule has 18 heavy (non-hydrogen) atoms. The van der Waals surface area contributed by atoms with E-state index >= 15 is 0 Å². The summed E-state index contributed by atoms with van der Waals surface area (Å²) in [6.45, 7) is 0.383. The van der Waals surface area contributed by atoms with Crippen molar-refractivity contribution in [3.05, 3.63) is 0 Å². The maximum absolute atomic E-state index is 10.3. The SMILES string of the molecule is CC(O)(P(=O)(O)O)P(=O)(O)O.O=P(O)(O)O.[H-].[H-].[Na+].[Na+]. The Hall–Kier alpha value is 2.37. The second kappa shape index (κ2) is 9.40. The Kier molecular flexibility index (Phi) is 14.9. The van der Waals surface area contributed by atoms with Crippen molar-refractivity contribution in [2.45, 2.75) is 12.0 Å². The molecule has 0 aliphatic carbocycles. The van der Waals surface area contributed by atoms with Crippen LogP contribution in [0.5, 0.6) is 0 Å². The summed E-state index contributed by atoms with van der Waals surface area (Å²) in [6, 6.07) is 0. The Balaban J connectivity index is -0.0000000482. The first kappa shape index (κ1) is 28.5. The standard InChI is InChI=1S/C2H8O7P2.2Na.H3O4P.2H/c1-2(3,10(4,5)6)11(7,8)9;;;1-5(2,3)4;;/h3H,1H3,(H2,4,5,6)(H2,7,8,9);;;(H3,1,2,3,4);;/q;2*+1;;2*-1. The van der Waals surface area contributed by atoms with E-state index in [1.54, 1.807) is 0 Å². The second-order valence-electron chi connectivity index (χ2n) is 2.57. The summed E-state index contributed by atoms with van der Waals surface area (Å²) < 4.78 is 29.4. The van der Waals surface area contributed by atoms with Crippen LogP contribution in [-0.2, 0) is 13.7 Å². The quantitative estimate of drug-likeness (QED) is 0.173. The molecule has 0 aromatic carbocycles. The van der Waals surface area contributed by atoms with Crippen LogP contribution < -0.4 is 59.1 Å². The van der Waals surface area contributed by atoms with Crippen LogP contribution in [0.2, 0.25) is 0 Å². The van der Waals surface area contributed by atoms with Gasteiger partial charge in [-0.25, -0.2) is 4.57 Å². The Morgan fingerprint density at radius 3 is 0.889 bits per heavy atom. The third-order valence-electron chi connectivity index (χ3n) is 1.10. The predicted molar refractivity (Wildman–Crippen MR) is 51.2 cm³/mol. The molecule has 0 aliphatic rings. The van der Waals surface area contributed by atoms with Gasteiger partial charge in [-0.3, -0.25) is 9.13 Å². The molecular weight excluding hydrogens is 339 g/mol. The second-order valence-corrected chi connectivity index (χ2v) is 7.87. The van der Waals surface area contributed by atoms with Crippen LogP contribution in [0.1, 0.15) is 9.78 Å². The molecule has 0 spiro atoms. The van der Waals surface area contributed by atoms with E-state index in [1.807, 2.05) is 0 Å². The zero-order valence-electron chi connectivity index (χ0n) is 11.6. The van der Waals surface area contributed by atoms with Gasteiger partial charge in [0.15, 0.2) is 0 Å². The van der Waals surface area contributed by atoms with Gasteiger partial charge in [0.05, 0.1) is 0 Å². The van der Waals surface area contributed by atoms with Crippen LogP contribution in [0.3, 0.4) is 0 Å². The van der Waals surface area contributed by atoms with Crippen molar-refractivity contribution < 1.29 is 115 Å². The third-order valence-corrected chi connectivity index (χ3v) is 4.87. The fourth-order valence-electron chi connectivity index (χ4n) is 0.170. The molecule has 0 aliphatic heterocycles. The number of hydrogen-bond acceptors (Lipinski definition) is 4. The maximum atomic E-state index is 10.3. The Labute approximate surface area is 149 Å². The first-order valence-electron chi connectivity index (χ1n) is 3.12. The van der Waals surface area contributed by atoms with Crippen molar-refractivity contribution in [3.63, 3.8) is 0 Å². The smallest absolute Gasteiger partial charge is 1.00 e. The van der Waals surface area contributed by atoms with Crippen LogP contribution in [0.15, 0.2) is 0 Å². The van der Waals surface area contributed by atoms with Gasteiger partial charge in [-0.05, 0) is 6.92 Å². The van der Waals surface area contributed by atoms with Crippen molar-refractivity contribution >= 4 is 23.0 Å². The molecule has 0 atom stereocenters. The topological polar surface area (TPSA) is 213 Å². The van der Waals surface area contributed by atoms with Gasteiger partial charge in [0, 0.05) is 0 Å². The van der Waals surface area contributed by atoms with E-state index in [1.165, 1.54) is 0 Å². The fraction of sp³-hybridized carbons (Fsp3) is 1.00. The van der Waals surface area contributed by atoms with Crippen LogP contribution in [-0.4, -0.2) is 44.4 Å². The minimum atomic E-state index is -5.20. The van der Waals surface area contributed by atoms with Gasteiger partial charge >= 0.3 is 82.1 Å². The van der Waals surface area contributed by atoms with Gasteiger partial charge in [-0.2, -0.15) is 0 Å². The zero-order valence-corrected chi connectivity index (χ0v) is 16.3. The first-order valence-corrected chi connectivity index (χ1v) is 7.91. The van der Waals surface area contributed by atoms with Gasteiger partial charge in [-0.1, -0.05) is 0 Å². The molecule has 0 fully saturated rings. The maximum Gasteiger partial charge on any atom is 1.00 e. The summed E-state index contributed by atoms with van der Waals surface area (Å²) in [5.41, 5.74) is 0. The number of aliphatic hydroxyl groups is 1. The van der Waals surface area contributed by atoms with E-state index in [4.69, 9.17) is 43.9 Å². The molecule has 0 amide bonds. The summed E-state index contributed by atoms with van der Waals surface area (Å²) >= 11 is 0. The predicted octanol–water partition coefficient (Wildman–Crippen LogP) is -7.69. The van der Waals surface area contributed by atoms with Crippen LogP contribution in [0.4, 0.5) is 0 Å². The molecule has 0 heterocycles. The summed E-state index contributed by atoms with van der Waals surface area (Å²) in [5.74, 6) is 0. The van der Waals surface area contributed by atoms with E-state index in [9.17, 15) is 9.13 Å². The van der Waals surface area contributed by atoms with E-state index in [0.29, 0.717) is 6.92 Å². The molecular formula is C2H13Na2O11P3. The van der Waals surface area contributed by atoms with E-state index < -0.39 is 28.1 Å². The van der Waals surface area contributed by atoms with Crippen molar-refractivity contribution in [1.29, 1.82) is 0 Å². The molecule has 0 unspecified atom stereocenters. The minimum Gasteiger partial charge on any atom is -1.00 e. The minimum absolute atomic E-state index is 0. The Morgan fingerprint density at radius 1 is 0.778 bits per heavy atom. The number of hydrogen-bond donors (Lipinski definition) is 8. The molecule has 104 valence electrons. The van der Waals surface area contributed by atoms with Crippen LogP contribution in [0, 0.1) is 0 Å². The molecule has 11 nitrogen and oxygen atoms in total. The Bertz CT molecular complexity index is 338. The van der Waals surface area contributed by atoms with Gasteiger partial charge in [0.2, 0.25) is 0 Å². The summed E-state index contributed by atoms with van der Waals surface area (Å²) in [7, 11) is -15.0. The molecule has 0 saturated heterocycles. The van der Waals surface area contributed by atoms with Crippen molar-refractivity contribution in [3.8, 4) is 0 Å². The molecule has 0 aromatic rings. The number of rotatable bonds is 2. The molecule has 0 aromatic heterocycles. The Morgan fingerprint density at radius 2 is 0.889 bits per heavy atom. The normalized spacial score (nSPS) is 12.5. The van der Waals surface area contributed by atoms with E-state index in [-0.39, 0.29) is 62.0 Å². The summed E-state index contributed by atoms with van der Waals surface area (Å²) in [6.07, 6.45) is 0. The first-order chi connectivity index (χ1) is 6.50. The monoisotopic (exact) mass is 352 g/mol. The fourth-order valence-corrected chi connectivity index (χ4v) is 1.53. The van der Waals surface area contributed by atoms with Gasteiger partial charge in [0.1, 0.15) is 0 Å². The molecule has 0 radical (unpaired) electrons.